The second-order valence-corrected chi connectivity index (χ2v) is 6.26. The summed E-state index contributed by atoms with van der Waals surface area (Å²) in [6.45, 7) is 1.48. The van der Waals surface area contributed by atoms with Crippen molar-refractivity contribution in [3.8, 4) is 17.2 Å². The predicted octanol–water partition coefficient (Wildman–Crippen LogP) is 6.66. The van der Waals surface area contributed by atoms with Crippen LogP contribution in [0, 0.1) is 0 Å². The molecule has 0 bridgehead atoms. The van der Waals surface area contributed by atoms with E-state index in [0.717, 1.165) is 23.0 Å². The Balaban J connectivity index is 1.74. The largest absolute Gasteiger partial charge is 0.483 e. The first kappa shape index (κ1) is 19.2. The summed E-state index contributed by atoms with van der Waals surface area (Å²) in [5, 5.41) is 5.38. The van der Waals surface area contributed by atoms with Crippen molar-refractivity contribution in [2.75, 3.05) is 18.5 Å². The fraction of sp³-hybridized carbons (Fsp3) is 0.200. The molecule has 0 amide bonds. The summed E-state index contributed by atoms with van der Waals surface area (Å²) in [6.07, 6.45) is -4.42. The van der Waals surface area contributed by atoms with Gasteiger partial charge in [-0.25, -0.2) is 0 Å². The second kappa shape index (κ2) is 7.96. The van der Waals surface area contributed by atoms with E-state index < -0.39 is 12.8 Å². The smallest absolute Gasteiger partial charge is 0.422 e. The maximum absolute atomic E-state index is 12.2. The first-order valence-corrected chi connectivity index (χ1v) is 8.66. The monoisotopic (exact) mass is 395 g/mol. The number of alkyl halides is 3. The highest BCUT2D eigenvalue weighted by Gasteiger charge is 2.28. The minimum atomic E-state index is -4.42. The van der Waals surface area contributed by atoms with Crippen LogP contribution < -0.4 is 14.8 Å². The van der Waals surface area contributed by atoms with Crippen molar-refractivity contribution >= 4 is 28.1 Å². The third-order valence-corrected chi connectivity index (χ3v) is 4.02. The number of nitrogens with one attached hydrogen (secondary N) is 1. The lowest BCUT2D eigenvalue weighted by molar-refractivity contribution is -0.153. The average Bonchev–Trinajstić information content (AvgIpc) is 2.60. The standard InChI is InChI=1S/C20H17ClF3NO2/c1-2-25-15-5-3-14-10-16(6-4-13(14)9-15)27-17-7-8-19(18(21)11-17)26-12-20(22,23)24/h3-11,25H,2,12H2,1H3. The third kappa shape index (κ3) is 5.20. The molecule has 0 aliphatic rings. The Bertz CT molecular complexity index is 944. The van der Waals surface area contributed by atoms with Crippen molar-refractivity contribution in [1.29, 1.82) is 0 Å². The van der Waals surface area contributed by atoms with Crippen molar-refractivity contribution in [3.63, 3.8) is 0 Å². The zero-order valence-electron chi connectivity index (χ0n) is 14.4. The molecule has 3 rings (SSSR count). The molecule has 142 valence electrons. The molecule has 0 atom stereocenters. The zero-order valence-corrected chi connectivity index (χ0v) is 15.2. The lowest BCUT2D eigenvalue weighted by atomic mass is 10.1. The van der Waals surface area contributed by atoms with E-state index in [9.17, 15) is 13.2 Å². The molecule has 0 aliphatic carbocycles. The van der Waals surface area contributed by atoms with Gasteiger partial charge in [-0.05, 0) is 54.1 Å². The second-order valence-electron chi connectivity index (χ2n) is 5.85. The highest BCUT2D eigenvalue weighted by Crippen LogP contribution is 2.33. The Labute approximate surface area is 159 Å². The summed E-state index contributed by atoms with van der Waals surface area (Å²) in [6, 6.07) is 15.9. The van der Waals surface area contributed by atoms with Gasteiger partial charge in [-0.3, -0.25) is 0 Å². The summed E-state index contributed by atoms with van der Waals surface area (Å²) < 4.78 is 47.2. The van der Waals surface area contributed by atoms with E-state index in [1.165, 1.54) is 18.2 Å². The van der Waals surface area contributed by atoms with Gasteiger partial charge in [0.1, 0.15) is 17.2 Å². The Hall–Kier alpha value is -2.60. The Morgan fingerprint density at radius 2 is 1.59 bits per heavy atom. The molecule has 0 saturated heterocycles. The van der Waals surface area contributed by atoms with Gasteiger partial charge in [0.25, 0.3) is 0 Å². The average molecular weight is 396 g/mol. The number of hydrogen-bond donors (Lipinski definition) is 1. The first-order valence-electron chi connectivity index (χ1n) is 8.29. The van der Waals surface area contributed by atoms with Crippen LogP contribution in [0.4, 0.5) is 18.9 Å². The number of halogens is 4. The van der Waals surface area contributed by atoms with Gasteiger partial charge in [0, 0.05) is 18.3 Å². The number of hydrogen-bond acceptors (Lipinski definition) is 3. The molecule has 3 aromatic rings. The van der Waals surface area contributed by atoms with Crippen LogP contribution in [-0.4, -0.2) is 19.3 Å². The predicted molar refractivity (Wildman–Crippen MR) is 101 cm³/mol. The topological polar surface area (TPSA) is 30.5 Å². The number of benzene rings is 3. The van der Waals surface area contributed by atoms with Crippen LogP contribution >= 0.6 is 11.6 Å². The number of ether oxygens (including phenoxy) is 2. The fourth-order valence-corrected chi connectivity index (χ4v) is 2.78. The molecule has 3 aromatic carbocycles. The van der Waals surface area contributed by atoms with Crippen LogP contribution in [-0.2, 0) is 0 Å². The molecule has 27 heavy (non-hydrogen) atoms. The Morgan fingerprint density at radius 3 is 2.30 bits per heavy atom. The summed E-state index contributed by atoms with van der Waals surface area (Å²) in [5.41, 5.74) is 1.04. The highest BCUT2D eigenvalue weighted by atomic mass is 35.5. The van der Waals surface area contributed by atoms with Gasteiger partial charge in [0.2, 0.25) is 0 Å². The molecule has 7 heteroatoms. The molecule has 1 N–H and O–H groups in total. The van der Waals surface area contributed by atoms with Crippen molar-refractivity contribution < 1.29 is 22.6 Å². The summed E-state index contributed by atoms with van der Waals surface area (Å²) in [5.74, 6) is 0.956. The van der Waals surface area contributed by atoms with Crippen molar-refractivity contribution in [2.24, 2.45) is 0 Å². The van der Waals surface area contributed by atoms with Gasteiger partial charge >= 0.3 is 6.18 Å². The molecule has 0 heterocycles. The van der Waals surface area contributed by atoms with Gasteiger partial charge in [0.05, 0.1) is 5.02 Å². The molecule has 0 unspecified atom stereocenters. The lowest BCUT2D eigenvalue weighted by Crippen LogP contribution is -2.19. The molecule has 3 nitrogen and oxygen atoms in total. The van der Waals surface area contributed by atoms with Crippen LogP contribution in [0.15, 0.2) is 54.6 Å². The molecule has 0 radical (unpaired) electrons. The normalized spacial score (nSPS) is 11.4. The van der Waals surface area contributed by atoms with E-state index in [1.54, 1.807) is 0 Å². The van der Waals surface area contributed by atoms with Crippen LogP contribution in [0.5, 0.6) is 17.2 Å². The fourth-order valence-electron chi connectivity index (χ4n) is 2.56. The van der Waals surface area contributed by atoms with E-state index in [4.69, 9.17) is 16.3 Å². The van der Waals surface area contributed by atoms with Crippen LogP contribution in [0.1, 0.15) is 6.92 Å². The molecular weight excluding hydrogens is 379 g/mol. The maximum atomic E-state index is 12.2. The zero-order chi connectivity index (χ0) is 19.4. The van der Waals surface area contributed by atoms with Gasteiger partial charge in [-0.2, -0.15) is 13.2 Å². The van der Waals surface area contributed by atoms with Gasteiger partial charge < -0.3 is 14.8 Å². The first-order chi connectivity index (χ1) is 12.8. The number of anilines is 1. The summed E-state index contributed by atoms with van der Waals surface area (Å²) in [4.78, 5) is 0. The van der Waals surface area contributed by atoms with Crippen LogP contribution in [0.2, 0.25) is 5.02 Å². The van der Waals surface area contributed by atoms with Gasteiger partial charge in [-0.1, -0.05) is 23.7 Å². The van der Waals surface area contributed by atoms with Crippen LogP contribution in [0.3, 0.4) is 0 Å². The Kier molecular flexibility index (Phi) is 5.65. The van der Waals surface area contributed by atoms with Gasteiger partial charge in [0.15, 0.2) is 6.61 Å². The summed E-state index contributed by atoms with van der Waals surface area (Å²) >= 11 is 5.99. The SMILES string of the molecule is CCNc1ccc2cc(Oc3ccc(OCC(F)(F)F)c(Cl)c3)ccc2c1. The van der Waals surface area contributed by atoms with E-state index in [2.05, 4.69) is 10.1 Å². The molecule has 0 aliphatic heterocycles. The highest BCUT2D eigenvalue weighted by molar-refractivity contribution is 6.32. The van der Waals surface area contributed by atoms with E-state index >= 15 is 0 Å². The van der Waals surface area contributed by atoms with E-state index in [1.807, 2.05) is 43.3 Å². The van der Waals surface area contributed by atoms with Gasteiger partial charge in [-0.15, -0.1) is 0 Å². The number of rotatable bonds is 6. The Morgan fingerprint density at radius 1 is 0.926 bits per heavy atom. The lowest BCUT2D eigenvalue weighted by Gasteiger charge is -2.12. The van der Waals surface area contributed by atoms with Crippen molar-refractivity contribution in [1.82, 2.24) is 0 Å². The molecule has 0 aromatic heterocycles. The molecule has 0 fully saturated rings. The molecule has 0 saturated carbocycles. The van der Waals surface area contributed by atoms with Crippen LogP contribution in [0.25, 0.3) is 10.8 Å². The van der Waals surface area contributed by atoms with Crippen molar-refractivity contribution in [2.45, 2.75) is 13.1 Å². The molecular formula is C20H17ClF3NO2. The summed E-state index contributed by atoms with van der Waals surface area (Å²) in [7, 11) is 0. The maximum Gasteiger partial charge on any atom is 0.422 e. The quantitative estimate of drug-likeness (QED) is 0.506. The van der Waals surface area contributed by atoms with Crippen molar-refractivity contribution in [3.05, 3.63) is 59.6 Å². The van der Waals surface area contributed by atoms with E-state index in [0.29, 0.717) is 11.5 Å². The van der Waals surface area contributed by atoms with E-state index in [-0.39, 0.29) is 10.8 Å². The number of fused-ring (bicyclic) bond motifs is 1. The third-order valence-electron chi connectivity index (χ3n) is 3.72. The molecule has 0 spiro atoms. The minimum absolute atomic E-state index is 0.0455. The minimum Gasteiger partial charge on any atom is -0.483 e.